The van der Waals surface area contributed by atoms with Gasteiger partial charge in [-0.15, -0.1) is 0 Å². The molecule has 6 heteroatoms. The Bertz CT molecular complexity index is 1260. The monoisotopic (exact) mass is 464 g/mol. The van der Waals surface area contributed by atoms with Gasteiger partial charge < -0.3 is 10.3 Å². The number of aromatic nitrogens is 1. The SMILES string of the molecule is CCc1cccc2c(C(CC(=O)NCCc3ccccc3)c3ccccc3C(F)(F)F)c[nH]c12. The summed E-state index contributed by atoms with van der Waals surface area (Å²) in [5.41, 5.74) is 3.16. The van der Waals surface area contributed by atoms with Crippen LogP contribution in [0.1, 0.15) is 47.1 Å². The van der Waals surface area contributed by atoms with E-state index in [1.54, 1.807) is 12.3 Å². The number of rotatable bonds is 8. The first-order chi connectivity index (χ1) is 16.4. The van der Waals surface area contributed by atoms with Crippen molar-refractivity contribution in [2.75, 3.05) is 6.54 Å². The fourth-order valence-electron chi connectivity index (χ4n) is 4.52. The normalized spacial score (nSPS) is 12.6. The number of fused-ring (bicyclic) bond motifs is 1. The Balaban J connectivity index is 1.67. The van der Waals surface area contributed by atoms with Crippen LogP contribution in [-0.4, -0.2) is 17.4 Å². The van der Waals surface area contributed by atoms with Crippen LogP contribution >= 0.6 is 0 Å². The Morgan fingerprint density at radius 2 is 1.68 bits per heavy atom. The smallest absolute Gasteiger partial charge is 0.361 e. The Morgan fingerprint density at radius 1 is 0.941 bits per heavy atom. The summed E-state index contributed by atoms with van der Waals surface area (Å²) < 4.78 is 41.7. The number of hydrogen-bond donors (Lipinski definition) is 2. The molecule has 4 rings (SSSR count). The molecule has 0 spiro atoms. The van der Waals surface area contributed by atoms with Gasteiger partial charge >= 0.3 is 6.18 Å². The van der Waals surface area contributed by atoms with E-state index in [0.29, 0.717) is 18.5 Å². The van der Waals surface area contributed by atoms with E-state index >= 15 is 0 Å². The van der Waals surface area contributed by atoms with Gasteiger partial charge in [0.1, 0.15) is 0 Å². The van der Waals surface area contributed by atoms with Crippen LogP contribution < -0.4 is 5.32 Å². The lowest BCUT2D eigenvalue weighted by atomic mass is 9.84. The summed E-state index contributed by atoms with van der Waals surface area (Å²) in [6.07, 6.45) is -1.40. The van der Waals surface area contributed by atoms with Crippen molar-refractivity contribution >= 4 is 16.8 Å². The predicted molar refractivity (Wildman–Crippen MR) is 129 cm³/mol. The number of hydrogen-bond acceptors (Lipinski definition) is 1. The maximum atomic E-state index is 13.9. The molecule has 1 amide bonds. The number of aryl methyl sites for hydroxylation is 1. The molecule has 0 aliphatic heterocycles. The molecule has 3 nitrogen and oxygen atoms in total. The molecule has 1 unspecified atom stereocenters. The summed E-state index contributed by atoms with van der Waals surface area (Å²) >= 11 is 0. The summed E-state index contributed by atoms with van der Waals surface area (Å²) in [5, 5.41) is 3.74. The highest BCUT2D eigenvalue weighted by Crippen LogP contribution is 2.41. The van der Waals surface area contributed by atoms with Crippen LogP contribution in [0.4, 0.5) is 13.2 Å². The molecule has 0 saturated heterocycles. The predicted octanol–water partition coefficient (Wildman–Crippen LogP) is 6.63. The number of nitrogens with one attached hydrogen (secondary N) is 2. The fraction of sp³-hybridized carbons (Fsp3) is 0.250. The largest absolute Gasteiger partial charge is 0.416 e. The third-order valence-corrected chi connectivity index (χ3v) is 6.20. The zero-order valence-corrected chi connectivity index (χ0v) is 19.0. The number of aromatic amines is 1. The number of amides is 1. The summed E-state index contributed by atoms with van der Waals surface area (Å²) in [6, 6.07) is 21.1. The fourth-order valence-corrected chi connectivity index (χ4v) is 4.52. The molecule has 176 valence electrons. The Hall–Kier alpha value is -3.54. The van der Waals surface area contributed by atoms with Crippen molar-refractivity contribution in [2.45, 2.75) is 38.3 Å². The molecular weight excluding hydrogens is 437 g/mol. The van der Waals surface area contributed by atoms with Crippen LogP contribution in [-0.2, 0) is 23.8 Å². The van der Waals surface area contributed by atoms with Crippen LogP contribution in [0.3, 0.4) is 0 Å². The van der Waals surface area contributed by atoms with Crippen molar-refractivity contribution in [3.05, 3.63) is 107 Å². The van der Waals surface area contributed by atoms with Gasteiger partial charge in [0.2, 0.25) is 5.91 Å². The Morgan fingerprint density at radius 3 is 2.41 bits per heavy atom. The van der Waals surface area contributed by atoms with E-state index < -0.39 is 17.7 Å². The van der Waals surface area contributed by atoms with Gasteiger partial charge in [0.15, 0.2) is 0 Å². The van der Waals surface area contributed by atoms with Crippen molar-refractivity contribution in [3.8, 4) is 0 Å². The minimum atomic E-state index is -4.51. The van der Waals surface area contributed by atoms with Gasteiger partial charge in [0.05, 0.1) is 5.56 Å². The lowest BCUT2D eigenvalue weighted by Gasteiger charge is -2.22. The maximum absolute atomic E-state index is 13.9. The van der Waals surface area contributed by atoms with Crippen molar-refractivity contribution in [2.24, 2.45) is 0 Å². The molecule has 0 saturated carbocycles. The second-order valence-electron chi connectivity index (χ2n) is 8.36. The zero-order valence-electron chi connectivity index (χ0n) is 19.0. The molecule has 0 bridgehead atoms. The van der Waals surface area contributed by atoms with E-state index in [4.69, 9.17) is 0 Å². The van der Waals surface area contributed by atoms with Crippen LogP contribution in [0.25, 0.3) is 10.9 Å². The van der Waals surface area contributed by atoms with Crippen molar-refractivity contribution in [1.29, 1.82) is 0 Å². The maximum Gasteiger partial charge on any atom is 0.416 e. The van der Waals surface area contributed by atoms with Crippen LogP contribution in [0.2, 0.25) is 0 Å². The summed E-state index contributed by atoms with van der Waals surface area (Å²) in [6.45, 7) is 2.45. The minimum Gasteiger partial charge on any atom is -0.361 e. The molecule has 34 heavy (non-hydrogen) atoms. The van der Waals surface area contributed by atoms with E-state index in [1.165, 1.54) is 12.1 Å². The molecule has 0 aliphatic carbocycles. The van der Waals surface area contributed by atoms with Gasteiger partial charge in [-0.05, 0) is 41.2 Å². The van der Waals surface area contributed by atoms with Crippen LogP contribution in [0.15, 0.2) is 79.0 Å². The van der Waals surface area contributed by atoms with E-state index in [0.717, 1.165) is 34.5 Å². The van der Waals surface area contributed by atoms with Crippen molar-refractivity contribution < 1.29 is 18.0 Å². The molecule has 1 atom stereocenters. The summed E-state index contributed by atoms with van der Waals surface area (Å²) in [5.74, 6) is -1.02. The quantitative estimate of drug-likeness (QED) is 0.302. The highest BCUT2D eigenvalue weighted by atomic mass is 19.4. The first kappa shape index (κ1) is 23.6. The van der Waals surface area contributed by atoms with E-state index in [2.05, 4.69) is 10.3 Å². The number of alkyl halides is 3. The minimum absolute atomic E-state index is 0.0782. The Kier molecular flexibility index (Phi) is 7.06. The second-order valence-corrected chi connectivity index (χ2v) is 8.36. The van der Waals surface area contributed by atoms with E-state index in [-0.39, 0.29) is 17.9 Å². The third kappa shape index (κ3) is 5.16. The average molecular weight is 465 g/mol. The molecule has 0 aliphatic rings. The standard InChI is InChI=1S/C28H27F3N2O/c1-2-20-11-8-13-22-24(18-33-27(20)22)23(21-12-6-7-14-25(21)28(29,30)31)17-26(34)32-16-15-19-9-4-3-5-10-19/h3-14,18,23,33H,2,15-17H2,1H3,(H,32,34). The molecule has 1 aromatic heterocycles. The second kappa shape index (κ2) is 10.2. The van der Waals surface area contributed by atoms with Gasteiger partial charge in [-0.3, -0.25) is 4.79 Å². The van der Waals surface area contributed by atoms with Crippen LogP contribution in [0, 0.1) is 0 Å². The van der Waals surface area contributed by atoms with Gasteiger partial charge in [0, 0.05) is 36.0 Å². The highest BCUT2D eigenvalue weighted by Gasteiger charge is 2.36. The molecule has 3 aromatic carbocycles. The Labute approximate surface area is 197 Å². The van der Waals surface area contributed by atoms with Crippen molar-refractivity contribution in [1.82, 2.24) is 10.3 Å². The third-order valence-electron chi connectivity index (χ3n) is 6.20. The molecule has 0 radical (unpaired) electrons. The van der Waals surface area contributed by atoms with E-state index in [1.807, 2.05) is 55.5 Å². The highest BCUT2D eigenvalue weighted by molar-refractivity contribution is 5.88. The molecular formula is C28H27F3N2O. The summed E-state index contributed by atoms with van der Waals surface area (Å²) in [7, 11) is 0. The first-order valence-electron chi connectivity index (χ1n) is 11.4. The number of carbonyl (C=O) groups excluding carboxylic acids is 1. The number of carbonyl (C=O) groups is 1. The zero-order chi connectivity index (χ0) is 24.1. The van der Waals surface area contributed by atoms with E-state index in [9.17, 15) is 18.0 Å². The number of H-pyrrole nitrogens is 1. The van der Waals surface area contributed by atoms with Gasteiger partial charge in [-0.2, -0.15) is 13.2 Å². The molecule has 1 heterocycles. The van der Waals surface area contributed by atoms with Gasteiger partial charge in [0.25, 0.3) is 0 Å². The first-order valence-corrected chi connectivity index (χ1v) is 11.4. The molecule has 2 N–H and O–H groups in total. The number of benzene rings is 3. The van der Waals surface area contributed by atoms with Gasteiger partial charge in [-0.1, -0.05) is 73.7 Å². The topological polar surface area (TPSA) is 44.9 Å². The molecule has 0 fully saturated rings. The van der Waals surface area contributed by atoms with Crippen molar-refractivity contribution in [3.63, 3.8) is 0 Å². The molecule has 4 aromatic rings. The summed E-state index contributed by atoms with van der Waals surface area (Å²) in [4.78, 5) is 16.2. The number of halogens is 3. The average Bonchev–Trinajstić information content (AvgIpc) is 3.27. The van der Waals surface area contributed by atoms with Crippen LogP contribution in [0.5, 0.6) is 0 Å². The lowest BCUT2D eigenvalue weighted by Crippen LogP contribution is -2.28. The number of para-hydroxylation sites is 1. The lowest BCUT2D eigenvalue weighted by molar-refractivity contribution is -0.138. The van der Waals surface area contributed by atoms with Gasteiger partial charge in [-0.25, -0.2) is 0 Å².